The Morgan fingerprint density at radius 3 is 2.75 bits per heavy atom. The van der Waals surface area contributed by atoms with Crippen LogP contribution < -0.4 is 0 Å². The Morgan fingerprint density at radius 2 is 2.14 bits per heavy atom. The molecule has 0 spiro atoms. The van der Waals surface area contributed by atoms with Gasteiger partial charge in [0.1, 0.15) is 5.69 Å². The third kappa shape index (κ3) is 2.81. The number of esters is 1. The number of rotatable bonds is 4. The number of methoxy groups -OCH3 is 1. The molecule has 1 atom stereocenters. The highest BCUT2D eigenvalue weighted by molar-refractivity contribution is 7.91. The van der Waals surface area contributed by atoms with Crippen LogP contribution in [0, 0.1) is 0 Å². The Morgan fingerprint density at radius 1 is 1.32 bits per heavy atom. The lowest BCUT2D eigenvalue weighted by atomic mass is 10.1. The van der Waals surface area contributed by atoms with Crippen LogP contribution in [0.3, 0.4) is 0 Å². The van der Waals surface area contributed by atoms with E-state index in [0.717, 1.165) is 18.5 Å². The zero-order valence-electron chi connectivity index (χ0n) is 15.3. The molecule has 1 saturated heterocycles. The van der Waals surface area contributed by atoms with Gasteiger partial charge in [-0.05, 0) is 37.5 Å². The summed E-state index contributed by atoms with van der Waals surface area (Å²) in [6.07, 6.45) is 4.05. The van der Waals surface area contributed by atoms with Crippen LogP contribution in [-0.2, 0) is 14.6 Å². The molecular weight excluding hydrogens is 382 g/mol. The van der Waals surface area contributed by atoms with E-state index in [-0.39, 0.29) is 17.5 Å². The number of pyridine rings is 1. The zero-order valence-corrected chi connectivity index (χ0v) is 16.1. The van der Waals surface area contributed by atoms with E-state index >= 15 is 0 Å². The minimum absolute atomic E-state index is 0.0181. The van der Waals surface area contributed by atoms with Gasteiger partial charge in [0.2, 0.25) is 0 Å². The summed E-state index contributed by atoms with van der Waals surface area (Å²) in [7, 11) is -1.77. The quantitative estimate of drug-likeness (QED) is 0.619. The van der Waals surface area contributed by atoms with Crippen LogP contribution in [0.2, 0.25) is 0 Å². The number of furan rings is 1. The van der Waals surface area contributed by atoms with Gasteiger partial charge in [-0.25, -0.2) is 22.9 Å². The van der Waals surface area contributed by atoms with E-state index in [9.17, 15) is 13.2 Å². The first-order valence-corrected chi connectivity index (χ1v) is 11.0. The van der Waals surface area contributed by atoms with Crippen molar-refractivity contribution < 1.29 is 22.4 Å². The Bertz CT molecular complexity index is 1180. The van der Waals surface area contributed by atoms with Gasteiger partial charge >= 0.3 is 5.97 Å². The average Bonchev–Trinajstić information content (AvgIpc) is 3.09. The monoisotopic (exact) mass is 401 g/mol. The number of aromatic nitrogens is 3. The molecule has 2 aliphatic rings. The van der Waals surface area contributed by atoms with Crippen molar-refractivity contribution in [1.29, 1.82) is 0 Å². The molecule has 8 nitrogen and oxygen atoms in total. The molecule has 2 fully saturated rings. The van der Waals surface area contributed by atoms with Crippen LogP contribution in [0.4, 0.5) is 0 Å². The predicted octanol–water partition coefficient (Wildman–Crippen LogP) is 2.71. The topological polar surface area (TPSA) is 104 Å². The van der Waals surface area contributed by atoms with Crippen molar-refractivity contribution in [3.05, 3.63) is 35.7 Å². The Labute approximate surface area is 161 Å². The summed E-state index contributed by atoms with van der Waals surface area (Å²) in [4.78, 5) is 17.4. The molecule has 1 unspecified atom stereocenters. The number of ether oxygens (including phenoxy) is 1. The molecule has 0 aromatic carbocycles. The first-order valence-electron chi connectivity index (χ1n) is 9.22. The van der Waals surface area contributed by atoms with Gasteiger partial charge in [-0.15, -0.1) is 0 Å². The molecule has 1 aliphatic carbocycles. The van der Waals surface area contributed by atoms with Crippen LogP contribution in [-0.4, -0.2) is 47.8 Å². The SMILES string of the molecule is COC(=O)c1cc(C2CC2)nc2c1c(-c1ccco1)nn2C1CCS(=O)(=O)C1. The summed E-state index contributed by atoms with van der Waals surface area (Å²) >= 11 is 0. The van der Waals surface area contributed by atoms with Crippen LogP contribution in [0.1, 0.15) is 47.3 Å². The number of carbonyl (C=O) groups is 1. The third-order valence-electron chi connectivity index (χ3n) is 5.39. The first-order chi connectivity index (χ1) is 13.5. The van der Waals surface area contributed by atoms with Crippen LogP contribution in [0.25, 0.3) is 22.5 Å². The molecule has 3 aromatic rings. The lowest BCUT2D eigenvalue weighted by molar-refractivity contribution is 0.0602. The Balaban J connectivity index is 1.80. The summed E-state index contributed by atoms with van der Waals surface area (Å²) in [5, 5.41) is 5.20. The largest absolute Gasteiger partial charge is 0.465 e. The van der Waals surface area contributed by atoms with E-state index < -0.39 is 15.8 Å². The van der Waals surface area contributed by atoms with Gasteiger partial charge < -0.3 is 9.15 Å². The lowest BCUT2D eigenvalue weighted by Crippen LogP contribution is -2.13. The lowest BCUT2D eigenvalue weighted by Gasteiger charge is -2.11. The second kappa shape index (κ2) is 6.16. The fourth-order valence-corrected chi connectivity index (χ4v) is 5.52. The van der Waals surface area contributed by atoms with Crippen LogP contribution >= 0.6 is 0 Å². The van der Waals surface area contributed by atoms with Crippen molar-refractivity contribution in [2.24, 2.45) is 0 Å². The van der Waals surface area contributed by atoms with E-state index in [4.69, 9.17) is 14.1 Å². The van der Waals surface area contributed by atoms with Gasteiger partial charge in [0.25, 0.3) is 0 Å². The molecule has 9 heteroatoms. The van der Waals surface area contributed by atoms with Gasteiger partial charge in [0.15, 0.2) is 21.2 Å². The molecule has 0 radical (unpaired) electrons. The van der Waals surface area contributed by atoms with Gasteiger partial charge in [0.05, 0.1) is 41.9 Å². The number of hydrogen-bond donors (Lipinski definition) is 0. The second-order valence-electron chi connectivity index (χ2n) is 7.39. The van der Waals surface area contributed by atoms with E-state index in [0.29, 0.717) is 40.4 Å². The van der Waals surface area contributed by atoms with Gasteiger partial charge in [-0.2, -0.15) is 5.10 Å². The molecular formula is C19H19N3O5S. The molecule has 1 saturated carbocycles. The van der Waals surface area contributed by atoms with E-state index in [1.54, 1.807) is 22.9 Å². The zero-order chi connectivity index (χ0) is 19.5. The third-order valence-corrected chi connectivity index (χ3v) is 7.14. The summed E-state index contributed by atoms with van der Waals surface area (Å²) in [6.45, 7) is 0. The smallest absolute Gasteiger partial charge is 0.338 e. The highest BCUT2D eigenvalue weighted by Gasteiger charge is 2.35. The number of fused-ring (bicyclic) bond motifs is 1. The second-order valence-corrected chi connectivity index (χ2v) is 9.62. The molecule has 0 bridgehead atoms. The van der Waals surface area contributed by atoms with Gasteiger partial charge in [-0.3, -0.25) is 0 Å². The maximum absolute atomic E-state index is 12.6. The molecule has 1 aliphatic heterocycles. The maximum Gasteiger partial charge on any atom is 0.338 e. The highest BCUT2D eigenvalue weighted by Crippen LogP contribution is 2.42. The molecule has 0 amide bonds. The minimum Gasteiger partial charge on any atom is -0.465 e. The number of sulfone groups is 1. The molecule has 3 aromatic heterocycles. The van der Waals surface area contributed by atoms with Crippen molar-refractivity contribution in [1.82, 2.24) is 14.8 Å². The minimum atomic E-state index is -3.11. The Kier molecular flexibility index (Phi) is 3.84. The van der Waals surface area contributed by atoms with Gasteiger partial charge in [-0.1, -0.05) is 0 Å². The standard InChI is InChI=1S/C19H19N3O5S/c1-26-19(23)13-9-14(11-4-5-11)20-18-16(13)17(15-3-2-7-27-15)21-22(18)12-6-8-28(24,25)10-12/h2-3,7,9,11-12H,4-6,8,10H2,1H3. The van der Waals surface area contributed by atoms with Crippen molar-refractivity contribution in [3.8, 4) is 11.5 Å². The normalized spacial score (nSPS) is 21.2. The molecule has 28 heavy (non-hydrogen) atoms. The van der Waals surface area contributed by atoms with Crippen LogP contribution in [0.15, 0.2) is 28.9 Å². The van der Waals surface area contributed by atoms with E-state index in [1.807, 2.05) is 0 Å². The summed E-state index contributed by atoms with van der Waals surface area (Å²) < 4.78 is 36.3. The molecule has 0 N–H and O–H groups in total. The first kappa shape index (κ1) is 17.4. The summed E-state index contributed by atoms with van der Waals surface area (Å²) in [5.41, 5.74) is 2.19. The van der Waals surface area contributed by atoms with Crippen molar-refractivity contribution in [2.75, 3.05) is 18.6 Å². The van der Waals surface area contributed by atoms with Crippen LogP contribution in [0.5, 0.6) is 0 Å². The fraction of sp³-hybridized carbons (Fsp3) is 0.421. The summed E-state index contributed by atoms with van der Waals surface area (Å²) in [5.74, 6) is 0.484. The van der Waals surface area contributed by atoms with Crippen molar-refractivity contribution >= 4 is 26.8 Å². The fourth-order valence-electron chi connectivity index (χ4n) is 3.82. The number of nitrogens with zero attached hydrogens (tertiary/aromatic N) is 3. The number of carbonyl (C=O) groups excluding carboxylic acids is 1. The Hall–Kier alpha value is -2.68. The van der Waals surface area contributed by atoms with E-state index in [1.165, 1.54) is 13.4 Å². The molecule has 146 valence electrons. The molecule has 4 heterocycles. The van der Waals surface area contributed by atoms with Crippen molar-refractivity contribution in [3.63, 3.8) is 0 Å². The van der Waals surface area contributed by atoms with Gasteiger partial charge in [0, 0.05) is 11.6 Å². The molecule has 5 rings (SSSR count). The van der Waals surface area contributed by atoms with Crippen molar-refractivity contribution in [2.45, 2.75) is 31.2 Å². The number of hydrogen-bond acceptors (Lipinski definition) is 7. The average molecular weight is 401 g/mol. The summed E-state index contributed by atoms with van der Waals surface area (Å²) in [6, 6.07) is 4.95. The highest BCUT2D eigenvalue weighted by atomic mass is 32.2. The predicted molar refractivity (Wildman–Crippen MR) is 101 cm³/mol. The van der Waals surface area contributed by atoms with E-state index in [2.05, 4.69) is 5.10 Å². The maximum atomic E-state index is 12.6.